The highest BCUT2D eigenvalue weighted by Gasteiger charge is 2.15. The highest BCUT2D eigenvalue weighted by molar-refractivity contribution is 7.86. The van der Waals surface area contributed by atoms with Crippen LogP contribution in [0, 0.1) is 11.8 Å². The third-order valence-electron chi connectivity index (χ3n) is 2.38. The van der Waals surface area contributed by atoms with Crippen molar-refractivity contribution in [1.82, 2.24) is 0 Å². The van der Waals surface area contributed by atoms with Gasteiger partial charge in [-0.15, -0.1) is 0 Å². The molecule has 17 heavy (non-hydrogen) atoms. The molecular formula is C9H20O6S2. The lowest BCUT2D eigenvalue weighted by atomic mass is 10.0. The third kappa shape index (κ3) is 12.1. The van der Waals surface area contributed by atoms with Crippen LogP contribution in [0.25, 0.3) is 0 Å². The Bertz CT molecular complexity index is 371. The van der Waals surface area contributed by atoms with Gasteiger partial charge in [-0.3, -0.25) is 9.11 Å². The number of hydrogen-bond acceptors (Lipinski definition) is 4. The third-order valence-corrected chi connectivity index (χ3v) is 4.36. The van der Waals surface area contributed by atoms with Crippen LogP contribution < -0.4 is 0 Å². The predicted molar refractivity (Wildman–Crippen MR) is 65.0 cm³/mol. The Kier molecular flexibility index (Phi) is 6.60. The largest absolute Gasteiger partial charge is 0.286 e. The maximum absolute atomic E-state index is 10.6. The van der Waals surface area contributed by atoms with Crippen molar-refractivity contribution in [3.8, 4) is 0 Å². The van der Waals surface area contributed by atoms with Crippen LogP contribution >= 0.6 is 0 Å². The molecule has 0 fully saturated rings. The van der Waals surface area contributed by atoms with Gasteiger partial charge in [0, 0.05) is 0 Å². The van der Waals surface area contributed by atoms with Gasteiger partial charge in [0.05, 0.1) is 11.5 Å². The molecule has 0 aliphatic carbocycles. The second-order valence-corrected chi connectivity index (χ2v) is 7.63. The molecule has 104 valence electrons. The van der Waals surface area contributed by atoms with Crippen LogP contribution in [0.4, 0.5) is 0 Å². The fourth-order valence-corrected chi connectivity index (χ4v) is 3.47. The van der Waals surface area contributed by atoms with Crippen molar-refractivity contribution in [3.05, 3.63) is 0 Å². The molecule has 8 heteroatoms. The normalized spacial score (nSPS) is 16.7. The minimum absolute atomic E-state index is 0.164. The Morgan fingerprint density at radius 3 is 1.35 bits per heavy atom. The summed E-state index contributed by atoms with van der Waals surface area (Å²) in [6.45, 7) is 3.42. The summed E-state index contributed by atoms with van der Waals surface area (Å²) in [6, 6.07) is 0. The summed E-state index contributed by atoms with van der Waals surface area (Å²) in [5.41, 5.74) is 0. The van der Waals surface area contributed by atoms with Gasteiger partial charge >= 0.3 is 0 Å². The van der Waals surface area contributed by atoms with Crippen molar-refractivity contribution in [2.24, 2.45) is 11.8 Å². The van der Waals surface area contributed by atoms with E-state index in [2.05, 4.69) is 0 Å². The molecule has 0 amide bonds. The highest BCUT2D eigenvalue weighted by atomic mass is 32.2. The summed E-state index contributed by atoms with van der Waals surface area (Å²) in [4.78, 5) is 0. The van der Waals surface area contributed by atoms with Crippen molar-refractivity contribution in [3.63, 3.8) is 0 Å². The molecule has 0 bridgehead atoms. The molecule has 0 radical (unpaired) electrons. The molecular weight excluding hydrogens is 268 g/mol. The van der Waals surface area contributed by atoms with E-state index in [1.165, 1.54) is 0 Å². The molecule has 0 aromatic carbocycles. The summed E-state index contributed by atoms with van der Waals surface area (Å²) in [6.07, 6.45) is 1.85. The summed E-state index contributed by atoms with van der Waals surface area (Å²) in [5, 5.41) is 0. The predicted octanol–water partition coefficient (Wildman–Crippen LogP) is 1.20. The lowest BCUT2D eigenvalue weighted by Gasteiger charge is -2.12. The van der Waals surface area contributed by atoms with E-state index in [4.69, 9.17) is 9.11 Å². The van der Waals surface area contributed by atoms with E-state index >= 15 is 0 Å². The fraction of sp³-hybridized carbons (Fsp3) is 1.00. The first-order valence-corrected chi connectivity index (χ1v) is 8.62. The van der Waals surface area contributed by atoms with Crippen molar-refractivity contribution in [2.45, 2.75) is 33.1 Å². The average molecular weight is 288 g/mol. The molecule has 0 aliphatic heterocycles. The van der Waals surface area contributed by atoms with Crippen LogP contribution in [-0.2, 0) is 20.2 Å². The van der Waals surface area contributed by atoms with Crippen LogP contribution in [0.3, 0.4) is 0 Å². The first-order chi connectivity index (χ1) is 7.49. The van der Waals surface area contributed by atoms with Crippen molar-refractivity contribution in [2.75, 3.05) is 11.5 Å². The van der Waals surface area contributed by atoms with Gasteiger partial charge in [-0.05, 0) is 24.7 Å². The molecule has 0 heterocycles. The van der Waals surface area contributed by atoms with Crippen molar-refractivity contribution < 1.29 is 25.9 Å². The van der Waals surface area contributed by atoms with E-state index in [0.717, 1.165) is 0 Å². The van der Waals surface area contributed by atoms with Crippen LogP contribution in [-0.4, -0.2) is 37.4 Å². The lowest BCUT2D eigenvalue weighted by molar-refractivity contribution is 0.437. The second kappa shape index (κ2) is 6.67. The second-order valence-electron chi connectivity index (χ2n) is 4.64. The van der Waals surface area contributed by atoms with E-state index in [1.807, 2.05) is 0 Å². The van der Waals surface area contributed by atoms with E-state index < -0.39 is 20.2 Å². The fourth-order valence-electron chi connectivity index (χ4n) is 1.70. The SMILES string of the molecule is CC(CCCC(C)CS(=O)(=O)O)CS(=O)(=O)O. The van der Waals surface area contributed by atoms with E-state index in [-0.39, 0.29) is 23.3 Å². The van der Waals surface area contributed by atoms with Crippen LogP contribution in [0.15, 0.2) is 0 Å². The zero-order chi connectivity index (χ0) is 13.7. The average Bonchev–Trinajstić information content (AvgIpc) is 1.95. The van der Waals surface area contributed by atoms with Crippen LogP contribution in [0.5, 0.6) is 0 Å². The van der Waals surface area contributed by atoms with Gasteiger partial charge in [0.2, 0.25) is 0 Å². The molecule has 0 aliphatic rings. The maximum atomic E-state index is 10.6. The van der Waals surface area contributed by atoms with Gasteiger partial charge in [-0.25, -0.2) is 0 Å². The highest BCUT2D eigenvalue weighted by Crippen LogP contribution is 2.15. The smallest absolute Gasteiger partial charge is 0.265 e. The Morgan fingerprint density at radius 1 is 0.824 bits per heavy atom. The molecule has 6 nitrogen and oxygen atoms in total. The monoisotopic (exact) mass is 288 g/mol. The van der Waals surface area contributed by atoms with Crippen molar-refractivity contribution in [1.29, 1.82) is 0 Å². The minimum Gasteiger partial charge on any atom is -0.286 e. The number of rotatable bonds is 8. The molecule has 0 aromatic heterocycles. The first kappa shape index (κ1) is 16.8. The Labute approximate surface area is 103 Å². The molecule has 0 saturated carbocycles. The van der Waals surface area contributed by atoms with Gasteiger partial charge in [-0.2, -0.15) is 16.8 Å². The maximum Gasteiger partial charge on any atom is 0.265 e. The van der Waals surface area contributed by atoms with Crippen LogP contribution in [0.2, 0.25) is 0 Å². The van der Waals surface area contributed by atoms with Gasteiger partial charge in [0.15, 0.2) is 0 Å². The summed E-state index contributed by atoms with van der Waals surface area (Å²) in [5.74, 6) is -0.884. The quantitative estimate of drug-likeness (QED) is 0.650. The molecule has 0 rings (SSSR count). The molecule has 2 atom stereocenters. The Hall–Kier alpha value is -0.180. The molecule has 0 spiro atoms. The van der Waals surface area contributed by atoms with Gasteiger partial charge in [0.25, 0.3) is 20.2 Å². The zero-order valence-electron chi connectivity index (χ0n) is 10.0. The van der Waals surface area contributed by atoms with E-state index in [0.29, 0.717) is 19.3 Å². The first-order valence-electron chi connectivity index (χ1n) is 5.40. The Morgan fingerprint density at radius 2 is 1.12 bits per heavy atom. The van der Waals surface area contributed by atoms with Gasteiger partial charge in [-0.1, -0.05) is 20.3 Å². The van der Waals surface area contributed by atoms with E-state index in [1.54, 1.807) is 13.8 Å². The van der Waals surface area contributed by atoms with Gasteiger partial charge in [0.1, 0.15) is 0 Å². The standard InChI is InChI=1S/C9H20O6S2/c1-8(6-16(10,11)12)4-3-5-9(2)7-17(13,14)15/h8-9H,3-7H2,1-2H3,(H,10,11,12)(H,13,14,15). The Balaban J connectivity index is 3.85. The zero-order valence-corrected chi connectivity index (χ0v) is 11.7. The molecule has 2 unspecified atom stereocenters. The van der Waals surface area contributed by atoms with Gasteiger partial charge < -0.3 is 0 Å². The van der Waals surface area contributed by atoms with Crippen molar-refractivity contribution >= 4 is 20.2 Å². The summed E-state index contributed by atoms with van der Waals surface area (Å²) in [7, 11) is -7.88. The lowest BCUT2D eigenvalue weighted by Crippen LogP contribution is -2.15. The van der Waals surface area contributed by atoms with Crippen LogP contribution in [0.1, 0.15) is 33.1 Å². The molecule has 2 N–H and O–H groups in total. The topological polar surface area (TPSA) is 109 Å². The van der Waals surface area contributed by atoms with E-state index in [9.17, 15) is 16.8 Å². The number of hydrogen-bond donors (Lipinski definition) is 2. The summed E-state index contributed by atoms with van der Waals surface area (Å²) >= 11 is 0. The molecule has 0 aromatic rings. The minimum atomic E-state index is -3.94. The summed E-state index contributed by atoms with van der Waals surface area (Å²) < 4.78 is 59.5. The molecule has 0 saturated heterocycles.